The van der Waals surface area contributed by atoms with Gasteiger partial charge in [0.15, 0.2) is 0 Å². The van der Waals surface area contributed by atoms with Crippen molar-refractivity contribution in [3.63, 3.8) is 0 Å². The van der Waals surface area contributed by atoms with Crippen molar-refractivity contribution in [3.05, 3.63) is 181 Å². The first-order chi connectivity index (χ1) is 32.1. The van der Waals surface area contributed by atoms with Crippen LogP contribution in [0.15, 0.2) is 186 Å². The zero-order chi connectivity index (χ0) is 49.4. The van der Waals surface area contributed by atoms with Crippen molar-refractivity contribution < 1.29 is 33.2 Å². The predicted molar refractivity (Wildman–Crippen MR) is 198 cm³/mol. The van der Waals surface area contributed by atoms with Crippen LogP contribution in [0.2, 0.25) is 0 Å². The van der Waals surface area contributed by atoms with E-state index in [-0.39, 0.29) is 60.7 Å². The number of benzene rings is 8. The van der Waals surface area contributed by atoms with Gasteiger partial charge in [-0.3, -0.25) is 0 Å². The summed E-state index contributed by atoms with van der Waals surface area (Å²) >= 11 is 0. The van der Waals surface area contributed by atoms with Crippen LogP contribution in [0.4, 0.5) is 0 Å². The maximum absolute atomic E-state index is 9.90. The van der Waals surface area contributed by atoms with E-state index in [9.17, 15) is 9.60 Å². The molecule has 0 fully saturated rings. The lowest BCUT2D eigenvalue weighted by molar-refractivity contribution is 0.632. The minimum absolute atomic E-state index is 0.00331. The van der Waals surface area contributed by atoms with Crippen LogP contribution < -0.4 is 0 Å². The van der Waals surface area contributed by atoms with Gasteiger partial charge in [0.05, 0.1) is 28.8 Å². The second-order valence-electron chi connectivity index (χ2n) is 10.5. The van der Waals surface area contributed by atoms with Crippen LogP contribution in [0.25, 0.3) is 88.3 Å². The fourth-order valence-electron chi connectivity index (χ4n) is 5.83. The first kappa shape index (κ1) is 13.3. The van der Waals surface area contributed by atoms with Crippen molar-refractivity contribution in [1.82, 2.24) is 0 Å². The summed E-state index contributed by atoms with van der Waals surface area (Å²) in [5.74, 6) is -0.344. The SMILES string of the molecule is [2H]c1c([2H])c([2H])c(-c2cccc(-c3oc4c([2H])c([2H])c(-c5c([2H])c([2H])c([2H])c([2H])c5[2H])c([2H])c4c3-c3c4c([2H])c([2H])c([2H])c([2H])c4c(-c4ccccc4)c4c([2H])c([2H])c([2H])c([2H])c34)c2)c([2H])c1[2H]. The van der Waals surface area contributed by atoms with E-state index in [4.69, 9.17) is 23.6 Å². The highest BCUT2D eigenvalue weighted by Gasteiger charge is 2.24. The average molecular weight is 620 g/mol. The second-order valence-corrected chi connectivity index (χ2v) is 10.5. The maximum atomic E-state index is 9.90. The highest BCUT2D eigenvalue weighted by atomic mass is 16.3. The third-order valence-corrected chi connectivity index (χ3v) is 7.81. The third kappa shape index (κ3) is 4.64. The molecule has 0 unspecified atom stereocenters. The first-order valence-electron chi connectivity index (χ1n) is 24.9. The summed E-state index contributed by atoms with van der Waals surface area (Å²) < 4.78 is 194. The van der Waals surface area contributed by atoms with E-state index in [1.165, 1.54) is 24.3 Å². The number of fused-ring (bicyclic) bond motifs is 3. The van der Waals surface area contributed by atoms with Gasteiger partial charge in [-0.1, -0.05) is 163 Å². The largest absolute Gasteiger partial charge is 0.455 e. The number of rotatable bonds is 5. The van der Waals surface area contributed by atoms with Gasteiger partial charge in [0.1, 0.15) is 11.3 Å². The molecule has 220 valence electrons. The van der Waals surface area contributed by atoms with Crippen LogP contribution in [0.3, 0.4) is 0 Å². The minimum atomic E-state index is -0.820. The standard InChI is InChI=1S/C46H30O/c1-4-15-31(16-5-1)34-21-14-22-36(29-34)46-45(41-30-35(27-28-42(41)47-46)32-17-6-2-7-18-32)44-39-25-12-10-23-37(39)43(33-19-8-3-9-20-33)38-24-11-13-26-40(38)44/h1-30H/i1D,2D,4D,5D,6D,7D,10D,11D,12D,13D,15D,16D,17D,18D,23D,24D,25D,26D,27D,28D,30D. The van der Waals surface area contributed by atoms with Gasteiger partial charge in [-0.15, -0.1) is 0 Å². The summed E-state index contributed by atoms with van der Waals surface area (Å²) in [5, 5.41) is -1.52. The summed E-state index contributed by atoms with van der Waals surface area (Å²) in [5.41, 5.74) is -2.38. The fourth-order valence-corrected chi connectivity index (χ4v) is 5.83. The number of hydrogen-bond acceptors (Lipinski definition) is 1. The molecule has 1 heteroatoms. The summed E-state index contributed by atoms with van der Waals surface area (Å²) in [6.07, 6.45) is 0. The van der Waals surface area contributed by atoms with E-state index in [2.05, 4.69) is 0 Å². The molecule has 0 spiro atoms. The fraction of sp³-hybridized carbons (Fsp3) is 0. The summed E-state index contributed by atoms with van der Waals surface area (Å²) in [6, 6.07) is -1.23. The molecule has 8 aromatic carbocycles. The molecule has 1 nitrogen and oxygen atoms in total. The van der Waals surface area contributed by atoms with Crippen LogP contribution >= 0.6 is 0 Å². The molecule has 0 atom stereocenters. The molecule has 47 heavy (non-hydrogen) atoms. The van der Waals surface area contributed by atoms with E-state index in [1.807, 2.05) is 0 Å². The zero-order valence-electron chi connectivity index (χ0n) is 45.1. The molecule has 9 rings (SSSR count). The van der Waals surface area contributed by atoms with Gasteiger partial charge < -0.3 is 4.42 Å². The molecule has 1 aromatic heterocycles. The molecule has 0 aliphatic carbocycles. The molecule has 0 saturated carbocycles. The van der Waals surface area contributed by atoms with Crippen LogP contribution in [0.1, 0.15) is 28.8 Å². The van der Waals surface area contributed by atoms with Crippen LogP contribution in [0, 0.1) is 0 Å². The topological polar surface area (TPSA) is 13.1 Å². The Labute approximate surface area is 303 Å². The Kier molecular flexibility index (Phi) is 3.20. The first-order valence-corrected chi connectivity index (χ1v) is 14.4. The molecule has 0 amide bonds. The smallest absolute Gasteiger partial charge is 0.143 e. The van der Waals surface area contributed by atoms with Gasteiger partial charge in [0.25, 0.3) is 0 Å². The molecule has 1 heterocycles. The van der Waals surface area contributed by atoms with Crippen molar-refractivity contribution >= 4 is 32.5 Å². The van der Waals surface area contributed by atoms with Gasteiger partial charge in [-0.2, -0.15) is 0 Å². The molecular formula is C46H30O. The van der Waals surface area contributed by atoms with Crippen molar-refractivity contribution in [2.45, 2.75) is 0 Å². The Morgan fingerprint density at radius 2 is 0.894 bits per heavy atom. The van der Waals surface area contributed by atoms with Crippen molar-refractivity contribution in [1.29, 1.82) is 0 Å². The van der Waals surface area contributed by atoms with Gasteiger partial charge in [0.2, 0.25) is 0 Å². The molecule has 0 saturated heterocycles. The third-order valence-electron chi connectivity index (χ3n) is 7.81. The molecule has 0 radical (unpaired) electrons. The molecule has 9 aromatic rings. The lowest BCUT2D eigenvalue weighted by atomic mass is 9.84. The summed E-state index contributed by atoms with van der Waals surface area (Å²) in [6.45, 7) is 0. The Morgan fingerprint density at radius 3 is 1.53 bits per heavy atom. The summed E-state index contributed by atoms with van der Waals surface area (Å²) in [4.78, 5) is 0. The van der Waals surface area contributed by atoms with Crippen LogP contribution in [-0.4, -0.2) is 0 Å². The van der Waals surface area contributed by atoms with Crippen molar-refractivity contribution in [2.24, 2.45) is 0 Å². The minimum Gasteiger partial charge on any atom is -0.455 e. The Balaban J connectivity index is 1.61. The van der Waals surface area contributed by atoms with E-state index in [0.29, 0.717) is 5.56 Å². The van der Waals surface area contributed by atoms with Crippen LogP contribution in [-0.2, 0) is 0 Å². The zero-order valence-corrected chi connectivity index (χ0v) is 24.1. The number of hydrogen-bond donors (Lipinski definition) is 0. The van der Waals surface area contributed by atoms with E-state index in [0.717, 1.165) is 0 Å². The maximum Gasteiger partial charge on any atom is 0.143 e. The van der Waals surface area contributed by atoms with Crippen molar-refractivity contribution in [2.75, 3.05) is 0 Å². The predicted octanol–water partition coefficient (Wildman–Crippen LogP) is 13.1. The second kappa shape index (κ2) is 11.3. The van der Waals surface area contributed by atoms with Crippen molar-refractivity contribution in [3.8, 4) is 55.8 Å². The highest BCUT2D eigenvalue weighted by Crippen LogP contribution is 2.50. The van der Waals surface area contributed by atoms with E-state index >= 15 is 0 Å². The number of furan rings is 1. The lowest BCUT2D eigenvalue weighted by Crippen LogP contribution is -1.91. The molecule has 0 aliphatic rings. The van der Waals surface area contributed by atoms with Crippen LogP contribution in [0.5, 0.6) is 0 Å². The van der Waals surface area contributed by atoms with E-state index in [1.54, 1.807) is 30.3 Å². The molecule has 0 aliphatic heterocycles. The quantitative estimate of drug-likeness (QED) is 0.175. The van der Waals surface area contributed by atoms with Gasteiger partial charge in [-0.25, -0.2) is 0 Å². The lowest BCUT2D eigenvalue weighted by Gasteiger charge is -2.18. The molecule has 0 N–H and O–H groups in total. The monoisotopic (exact) mass is 619 g/mol. The van der Waals surface area contributed by atoms with Gasteiger partial charge in [-0.05, 0) is 73.1 Å². The molecular weight excluding hydrogens is 569 g/mol. The highest BCUT2D eigenvalue weighted by molar-refractivity contribution is 6.25. The Morgan fingerprint density at radius 1 is 0.362 bits per heavy atom. The normalized spacial score (nSPS) is 17.7. The Hall–Kier alpha value is -6.18. The van der Waals surface area contributed by atoms with Gasteiger partial charge in [0, 0.05) is 22.1 Å². The molecule has 0 bridgehead atoms. The van der Waals surface area contributed by atoms with Gasteiger partial charge >= 0.3 is 0 Å². The average Bonchev–Trinajstić information content (AvgIpc) is 3.74. The Bertz CT molecular complexity index is 3610. The van der Waals surface area contributed by atoms with E-state index < -0.39 is 149 Å². The summed E-state index contributed by atoms with van der Waals surface area (Å²) in [7, 11) is 0.